The van der Waals surface area contributed by atoms with Gasteiger partial charge in [-0.25, -0.2) is 0 Å². The standard InChI is InChI=1S/C8H13NO3/c9-7(10)5-1-3-6(4-2-5)8(11)12/h5-6H,1-4H2,(H2,9,10)(H,11,12). The summed E-state index contributed by atoms with van der Waals surface area (Å²) in [7, 11) is 0. The number of hydrogen-bond donors (Lipinski definition) is 2. The van der Waals surface area contributed by atoms with Gasteiger partial charge < -0.3 is 10.8 Å². The number of carboxylic acids is 1. The van der Waals surface area contributed by atoms with Crippen molar-refractivity contribution < 1.29 is 14.7 Å². The van der Waals surface area contributed by atoms with Crippen LogP contribution >= 0.6 is 0 Å². The number of carboxylic acid groups (broad SMARTS) is 1. The van der Waals surface area contributed by atoms with Gasteiger partial charge in [0.05, 0.1) is 5.92 Å². The summed E-state index contributed by atoms with van der Waals surface area (Å²) in [6.45, 7) is 0. The van der Waals surface area contributed by atoms with Crippen molar-refractivity contribution in [3.05, 3.63) is 0 Å². The van der Waals surface area contributed by atoms with Gasteiger partial charge in [-0.1, -0.05) is 0 Å². The summed E-state index contributed by atoms with van der Waals surface area (Å²) < 4.78 is 0. The molecule has 0 spiro atoms. The van der Waals surface area contributed by atoms with Gasteiger partial charge in [0.25, 0.3) is 0 Å². The molecule has 1 fully saturated rings. The van der Waals surface area contributed by atoms with Crippen LogP contribution in [-0.4, -0.2) is 17.0 Å². The number of amides is 1. The van der Waals surface area contributed by atoms with Crippen LogP contribution in [0.3, 0.4) is 0 Å². The zero-order valence-electron chi connectivity index (χ0n) is 6.82. The first-order valence-electron chi connectivity index (χ1n) is 4.13. The number of primary amides is 1. The Balaban J connectivity index is 2.39. The highest BCUT2D eigenvalue weighted by molar-refractivity contribution is 5.77. The summed E-state index contributed by atoms with van der Waals surface area (Å²) in [5.74, 6) is -1.40. The molecule has 68 valence electrons. The molecule has 12 heavy (non-hydrogen) atoms. The molecule has 0 saturated heterocycles. The summed E-state index contributed by atoms with van der Waals surface area (Å²) in [5, 5.41) is 8.65. The molecule has 0 aromatic heterocycles. The molecule has 1 saturated carbocycles. The third-order valence-corrected chi connectivity index (χ3v) is 2.48. The van der Waals surface area contributed by atoms with Crippen molar-refractivity contribution in [1.82, 2.24) is 0 Å². The van der Waals surface area contributed by atoms with Crippen LogP contribution in [0.25, 0.3) is 0 Å². The maximum absolute atomic E-state index is 10.7. The molecule has 3 N–H and O–H groups in total. The summed E-state index contributed by atoms with van der Waals surface area (Å²) in [5.41, 5.74) is 5.10. The molecule has 0 aromatic carbocycles. The first kappa shape index (κ1) is 9.03. The predicted molar refractivity (Wildman–Crippen MR) is 42.3 cm³/mol. The zero-order valence-corrected chi connectivity index (χ0v) is 6.82. The minimum Gasteiger partial charge on any atom is -0.481 e. The van der Waals surface area contributed by atoms with Gasteiger partial charge in [-0.15, -0.1) is 0 Å². The van der Waals surface area contributed by atoms with Gasteiger partial charge >= 0.3 is 5.97 Å². The molecule has 1 aliphatic carbocycles. The molecule has 0 unspecified atom stereocenters. The highest BCUT2D eigenvalue weighted by Crippen LogP contribution is 2.28. The van der Waals surface area contributed by atoms with Crippen molar-refractivity contribution in [1.29, 1.82) is 0 Å². The lowest BCUT2D eigenvalue weighted by Crippen LogP contribution is -2.29. The maximum Gasteiger partial charge on any atom is 0.306 e. The highest BCUT2D eigenvalue weighted by Gasteiger charge is 2.28. The molecule has 1 aliphatic rings. The van der Waals surface area contributed by atoms with E-state index < -0.39 is 5.97 Å². The van der Waals surface area contributed by atoms with Crippen molar-refractivity contribution >= 4 is 11.9 Å². The van der Waals surface area contributed by atoms with Crippen molar-refractivity contribution in [2.24, 2.45) is 17.6 Å². The predicted octanol–water partition coefficient (Wildman–Crippen LogP) is 0.363. The van der Waals surface area contributed by atoms with Gasteiger partial charge in [0.2, 0.25) is 5.91 Å². The second-order valence-electron chi connectivity index (χ2n) is 3.29. The second kappa shape index (κ2) is 3.56. The van der Waals surface area contributed by atoms with Gasteiger partial charge in [0.1, 0.15) is 0 Å². The maximum atomic E-state index is 10.7. The van der Waals surface area contributed by atoms with Crippen molar-refractivity contribution in [3.63, 3.8) is 0 Å². The lowest BCUT2D eigenvalue weighted by atomic mass is 9.82. The Kier molecular flexibility index (Phi) is 2.68. The van der Waals surface area contributed by atoms with E-state index in [-0.39, 0.29) is 17.7 Å². The Labute approximate surface area is 70.7 Å². The van der Waals surface area contributed by atoms with Crippen LogP contribution in [-0.2, 0) is 9.59 Å². The summed E-state index contributed by atoms with van der Waals surface area (Å²) >= 11 is 0. The number of nitrogens with two attached hydrogens (primary N) is 1. The lowest BCUT2D eigenvalue weighted by Gasteiger charge is -2.23. The van der Waals surface area contributed by atoms with E-state index in [2.05, 4.69) is 0 Å². The first-order chi connectivity index (χ1) is 5.61. The number of carbonyl (C=O) groups excluding carboxylic acids is 1. The molecular formula is C8H13NO3. The molecule has 4 nitrogen and oxygen atoms in total. The van der Waals surface area contributed by atoms with E-state index in [0.717, 1.165) is 0 Å². The van der Waals surface area contributed by atoms with Gasteiger partial charge in [0.15, 0.2) is 0 Å². The summed E-state index contributed by atoms with van der Waals surface area (Å²) in [6, 6.07) is 0. The van der Waals surface area contributed by atoms with Gasteiger partial charge in [-0.2, -0.15) is 0 Å². The molecular weight excluding hydrogens is 158 g/mol. The smallest absolute Gasteiger partial charge is 0.306 e. The van der Waals surface area contributed by atoms with Crippen molar-refractivity contribution in [2.75, 3.05) is 0 Å². The number of rotatable bonds is 2. The molecule has 0 heterocycles. The zero-order chi connectivity index (χ0) is 9.14. The van der Waals surface area contributed by atoms with E-state index in [9.17, 15) is 9.59 Å². The lowest BCUT2D eigenvalue weighted by molar-refractivity contribution is -0.143. The van der Waals surface area contributed by atoms with Crippen LogP contribution in [0.2, 0.25) is 0 Å². The highest BCUT2D eigenvalue weighted by atomic mass is 16.4. The number of carbonyl (C=O) groups is 2. The molecule has 0 aliphatic heterocycles. The topological polar surface area (TPSA) is 80.4 Å². The van der Waals surface area contributed by atoms with E-state index in [0.29, 0.717) is 25.7 Å². The van der Waals surface area contributed by atoms with Crippen molar-refractivity contribution in [2.45, 2.75) is 25.7 Å². The van der Waals surface area contributed by atoms with Crippen LogP contribution in [0.1, 0.15) is 25.7 Å². The third-order valence-electron chi connectivity index (χ3n) is 2.48. The fourth-order valence-electron chi connectivity index (χ4n) is 1.62. The van der Waals surface area contributed by atoms with E-state index in [1.54, 1.807) is 0 Å². The minimum absolute atomic E-state index is 0.0967. The normalized spacial score (nSPS) is 29.7. The Morgan fingerprint density at radius 3 is 1.83 bits per heavy atom. The first-order valence-corrected chi connectivity index (χ1v) is 4.13. The van der Waals surface area contributed by atoms with E-state index in [1.165, 1.54) is 0 Å². The van der Waals surface area contributed by atoms with Crippen LogP contribution in [0.4, 0.5) is 0 Å². The molecule has 0 bridgehead atoms. The van der Waals surface area contributed by atoms with E-state index in [4.69, 9.17) is 10.8 Å². The van der Waals surface area contributed by atoms with Crippen LogP contribution in [0, 0.1) is 11.8 Å². The molecule has 0 radical (unpaired) electrons. The van der Waals surface area contributed by atoms with Gasteiger partial charge in [-0.05, 0) is 25.7 Å². The van der Waals surface area contributed by atoms with Gasteiger partial charge in [0, 0.05) is 5.92 Å². The Hall–Kier alpha value is -1.06. The van der Waals surface area contributed by atoms with Crippen molar-refractivity contribution in [3.8, 4) is 0 Å². The molecule has 4 heteroatoms. The fourth-order valence-corrected chi connectivity index (χ4v) is 1.62. The summed E-state index contributed by atoms with van der Waals surface area (Å²) in [4.78, 5) is 21.2. The van der Waals surface area contributed by atoms with Crippen LogP contribution in [0.5, 0.6) is 0 Å². The van der Waals surface area contributed by atoms with E-state index >= 15 is 0 Å². The summed E-state index contributed by atoms with van der Waals surface area (Å²) in [6.07, 6.45) is 2.44. The van der Waals surface area contributed by atoms with Gasteiger partial charge in [-0.3, -0.25) is 9.59 Å². The van der Waals surface area contributed by atoms with E-state index in [1.807, 2.05) is 0 Å². The Morgan fingerprint density at radius 2 is 1.50 bits per heavy atom. The molecule has 0 atom stereocenters. The quantitative estimate of drug-likeness (QED) is 0.629. The third kappa shape index (κ3) is 1.96. The molecule has 0 aromatic rings. The molecule has 1 amide bonds. The second-order valence-corrected chi connectivity index (χ2v) is 3.29. The average molecular weight is 171 g/mol. The minimum atomic E-state index is -0.752. The fraction of sp³-hybridized carbons (Fsp3) is 0.750. The van der Waals surface area contributed by atoms with Crippen LogP contribution < -0.4 is 5.73 Å². The Morgan fingerprint density at radius 1 is 1.08 bits per heavy atom. The number of aliphatic carboxylic acids is 1. The molecule has 1 rings (SSSR count). The SMILES string of the molecule is NC(=O)C1CCC(C(=O)O)CC1. The Bertz CT molecular complexity index is 172. The monoisotopic (exact) mass is 171 g/mol. The number of hydrogen-bond acceptors (Lipinski definition) is 2. The largest absolute Gasteiger partial charge is 0.481 e. The average Bonchev–Trinajstić information content (AvgIpc) is 2.04. The van der Waals surface area contributed by atoms with Crippen LogP contribution in [0.15, 0.2) is 0 Å².